The van der Waals surface area contributed by atoms with Crippen molar-refractivity contribution >= 4 is 44.4 Å². The largest absolute Gasteiger partial charge is 0.471 e. The lowest BCUT2D eigenvalue weighted by molar-refractivity contribution is 0.0996. The molecular weight excluding hydrogens is 489 g/mol. The highest BCUT2D eigenvalue weighted by Crippen LogP contribution is 2.31. The predicted octanol–water partition coefficient (Wildman–Crippen LogP) is 3.58. The Morgan fingerprint density at radius 2 is 2.13 bits per heavy atom. The van der Waals surface area contributed by atoms with Crippen LogP contribution >= 0.6 is 27.5 Å². The van der Waals surface area contributed by atoms with E-state index in [4.69, 9.17) is 10.5 Å². The van der Waals surface area contributed by atoms with E-state index in [0.29, 0.717) is 22.5 Å². The standard InChI is InChI=1S/C20H25BrFN5O3S/c1-12(10-27-6-2-3-7-27)9-24-20(29)25-19-16(17(23)28)18(26-31-19)30-11-13-4-5-14(21)8-15(13)22/h4-5,8,12H,2-3,6-7,9-11H2,1H3,(H2,23,28)(H2,24,25,29). The number of nitrogens with zero attached hydrogens (tertiary/aromatic N) is 2. The molecule has 168 valence electrons. The van der Waals surface area contributed by atoms with Gasteiger partial charge in [-0.1, -0.05) is 28.9 Å². The van der Waals surface area contributed by atoms with Crippen LogP contribution in [0.3, 0.4) is 0 Å². The lowest BCUT2D eigenvalue weighted by Crippen LogP contribution is -2.36. The zero-order valence-corrected chi connectivity index (χ0v) is 19.5. The molecule has 0 radical (unpaired) electrons. The third kappa shape index (κ3) is 6.62. The van der Waals surface area contributed by atoms with Gasteiger partial charge in [-0.2, -0.15) is 4.37 Å². The highest BCUT2D eigenvalue weighted by molar-refractivity contribution is 9.10. The minimum absolute atomic E-state index is 0.0391. The first-order valence-corrected chi connectivity index (χ1v) is 11.5. The Hall–Kier alpha value is -2.24. The van der Waals surface area contributed by atoms with Crippen molar-refractivity contribution in [3.05, 3.63) is 39.6 Å². The molecule has 8 nitrogen and oxygen atoms in total. The molecule has 1 aromatic heterocycles. The summed E-state index contributed by atoms with van der Waals surface area (Å²) >= 11 is 4.07. The van der Waals surface area contributed by atoms with Gasteiger partial charge in [0.05, 0.1) is 0 Å². The predicted molar refractivity (Wildman–Crippen MR) is 121 cm³/mol. The topological polar surface area (TPSA) is 110 Å². The number of rotatable bonds is 9. The van der Waals surface area contributed by atoms with E-state index in [-0.39, 0.29) is 23.1 Å². The molecule has 2 aromatic rings. The molecule has 1 aliphatic rings. The smallest absolute Gasteiger partial charge is 0.319 e. The van der Waals surface area contributed by atoms with Crippen LogP contribution in [-0.4, -0.2) is 47.4 Å². The number of nitrogens with two attached hydrogens (primary N) is 1. The Labute approximate surface area is 192 Å². The molecule has 2 heterocycles. The minimum Gasteiger partial charge on any atom is -0.471 e. The highest BCUT2D eigenvalue weighted by atomic mass is 79.9. The summed E-state index contributed by atoms with van der Waals surface area (Å²) in [7, 11) is 0. The Bertz CT molecular complexity index is 936. The average molecular weight is 514 g/mol. The van der Waals surface area contributed by atoms with E-state index in [1.807, 2.05) is 0 Å². The highest BCUT2D eigenvalue weighted by Gasteiger charge is 2.23. The van der Waals surface area contributed by atoms with Crippen LogP contribution in [0.5, 0.6) is 5.88 Å². The second-order valence-corrected chi connectivity index (χ2v) is 9.22. The fourth-order valence-corrected chi connectivity index (χ4v) is 4.42. The van der Waals surface area contributed by atoms with Gasteiger partial charge < -0.3 is 20.7 Å². The summed E-state index contributed by atoms with van der Waals surface area (Å²) in [6, 6.07) is 4.10. The van der Waals surface area contributed by atoms with Gasteiger partial charge in [-0.05, 0) is 55.5 Å². The number of carbonyl (C=O) groups is 2. The molecule has 1 fully saturated rings. The number of amides is 3. The van der Waals surface area contributed by atoms with Gasteiger partial charge in [-0.25, -0.2) is 9.18 Å². The van der Waals surface area contributed by atoms with Gasteiger partial charge in [-0.15, -0.1) is 0 Å². The van der Waals surface area contributed by atoms with Crippen molar-refractivity contribution in [2.75, 3.05) is 31.5 Å². The summed E-state index contributed by atoms with van der Waals surface area (Å²) in [6.45, 7) is 5.58. The van der Waals surface area contributed by atoms with E-state index in [0.717, 1.165) is 31.2 Å². The minimum atomic E-state index is -0.794. The van der Waals surface area contributed by atoms with Gasteiger partial charge in [0.15, 0.2) is 0 Å². The van der Waals surface area contributed by atoms with E-state index >= 15 is 0 Å². The lowest BCUT2D eigenvalue weighted by atomic mass is 10.1. The fourth-order valence-electron chi connectivity index (χ4n) is 3.35. The Morgan fingerprint density at radius 3 is 2.81 bits per heavy atom. The maximum Gasteiger partial charge on any atom is 0.319 e. The number of primary amides is 1. The molecule has 0 spiro atoms. The van der Waals surface area contributed by atoms with Crippen molar-refractivity contribution in [1.29, 1.82) is 0 Å². The van der Waals surface area contributed by atoms with Crippen LogP contribution in [0.1, 0.15) is 35.7 Å². The quantitative estimate of drug-likeness (QED) is 0.474. The molecule has 0 aliphatic carbocycles. The molecule has 0 bridgehead atoms. The van der Waals surface area contributed by atoms with Crippen LogP contribution < -0.4 is 21.1 Å². The van der Waals surface area contributed by atoms with Crippen molar-refractivity contribution in [1.82, 2.24) is 14.6 Å². The summed E-state index contributed by atoms with van der Waals surface area (Å²) in [4.78, 5) is 26.6. The summed E-state index contributed by atoms with van der Waals surface area (Å²) in [5, 5.41) is 5.60. The van der Waals surface area contributed by atoms with Crippen LogP contribution in [0.15, 0.2) is 22.7 Å². The van der Waals surface area contributed by atoms with E-state index in [2.05, 4.69) is 42.8 Å². The van der Waals surface area contributed by atoms with Crippen LogP contribution in [0.2, 0.25) is 0 Å². The monoisotopic (exact) mass is 513 g/mol. The summed E-state index contributed by atoms with van der Waals surface area (Å²) in [5.74, 6) is -0.998. The lowest BCUT2D eigenvalue weighted by Gasteiger charge is -2.20. The van der Waals surface area contributed by atoms with Gasteiger partial charge in [0.25, 0.3) is 5.91 Å². The number of anilines is 1. The van der Waals surface area contributed by atoms with Crippen molar-refractivity contribution in [2.45, 2.75) is 26.4 Å². The number of benzene rings is 1. The number of likely N-dealkylation sites (tertiary alicyclic amines) is 1. The van der Waals surface area contributed by atoms with Crippen molar-refractivity contribution in [3.8, 4) is 5.88 Å². The van der Waals surface area contributed by atoms with Gasteiger partial charge in [0.1, 0.15) is 23.0 Å². The molecule has 3 rings (SSSR count). The van der Waals surface area contributed by atoms with Gasteiger partial charge in [0, 0.05) is 23.1 Å². The van der Waals surface area contributed by atoms with E-state index in [9.17, 15) is 14.0 Å². The number of ether oxygens (including phenoxy) is 1. The van der Waals surface area contributed by atoms with E-state index in [1.165, 1.54) is 18.9 Å². The zero-order chi connectivity index (χ0) is 22.4. The molecule has 3 amide bonds. The first-order valence-electron chi connectivity index (χ1n) is 9.97. The third-order valence-electron chi connectivity index (χ3n) is 4.89. The average Bonchev–Trinajstić information content (AvgIpc) is 3.35. The molecule has 0 saturated carbocycles. The number of urea groups is 1. The van der Waals surface area contributed by atoms with Crippen LogP contribution in [0.4, 0.5) is 14.2 Å². The first-order chi connectivity index (χ1) is 14.8. The summed E-state index contributed by atoms with van der Waals surface area (Å²) in [6.07, 6.45) is 2.45. The molecule has 11 heteroatoms. The second-order valence-electron chi connectivity index (χ2n) is 7.53. The Balaban J connectivity index is 1.56. The Kier molecular flexibility index (Phi) is 8.22. The molecule has 1 unspecified atom stereocenters. The molecule has 4 N–H and O–H groups in total. The molecule has 1 aromatic carbocycles. The molecular formula is C20H25BrFN5O3S. The number of halogens is 2. The number of carbonyl (C=O) groups excluding carboxylic acids is 2. The second kappa shape index (κ2) is 10.9. The fraction of sp³-hybridized carbons (Fsp3) is 0.450. The maximum absolute atomic E-state index is 14.0. The molecule has 31 heavy (non-hydrogen) atoms. The van der Waals surface area contributed by atoms with Crippen LogP contribution in [0, 0.1) is 11.7 Å². The molecule has 1 aliphatic heterocycles. The number of hydrogen-bond donors (Lipinski definition) is 3. The maximum atomic E-state index is 14.0. The zero-order valence-electron chi connectivity index (χ0n) is 17.1. The van der Waals surface area contributed by atoms with Crippen molar-refractivity contribution < 1.29 is 18.7 Å². The summed E-state index contributed by atoms with van der Waals surface area (Å²) in [5.41, 5.74) is 5.72. The van der Waals surface area contributed by atoms with Crippen LogP contribution in [-0.2, 0) is 6.61 Å². The first kappa shape index (κ1) is 23.4. The SMILES string of the molecule is CC(CNC(=O)Nc1snc(OCc2ccc(Br)cc2F)c1C(N)=O)CN1CCCC1. The van der Waals surface area contributed by atoms with Gasteiger partial charge in [0.2, 0.25) is 5.88 Å². The van der Waals surface area contributed by atoms with Crippen molar-refractivity contribution in [3.63, 3.8) is 0 Å². The number of nitrogens with one attached hydrogen (secondary N) is 2. The Morgan fingerprint density at radius 1 is 1.39 bits per heavy atom. The normalized spacial score (nSPS) is 14.9. The van der Waals surface area contributed by atoms with E-state index < -0.39 is 17.8 Å². The van der Waals surface area contributed by atoms with Crippen molar-refractivity contribution in [2.24, 2.45) is 11.7 Å². The van der Waals surface area contributed by atoms with E-state index in [1.54, 1.807) is 12.1 Å². The third-order valence-corrected chi connectivity index (χ3v) is 6.13. The molecule has 1 saturated heterocycles. The van der Waals surface area contributed by atoms with Gasteiger partial charge >= 0.3 is 6.03 Å². The van der Waals surface area contributed by atoms with Crippen LogP contribution in [0.25, 0.3) is 0 Å². The number of aromatic nitrogens is 1. The molecule has 1 atom stereocenters. The number of hydrogen-bond acceptors (Lipinski definition) is 6. The summed E-state index contributed by atoms with van der Waals surface area (Å²) < 4.78 is 24.1. The van der Waals surface area contributed by atoms with Gasteiger partial charge in [-0.3, -0.25) is 10.1 Å².